The lowest BCUT2D eigenvalue weighted by Gasteiger charge is -2.10. The van der Waals surface area contributed by atoms with Gasteiger partial charge >= 0.3 is 0 Å². The number of halogens is 1. The van der Waals surface area contributed by atoms with Crippen molar-refractivity contribution >= 4 is 23.2 Å². The second kappa shape index (κ2) is 7.54. The molecule has 0 aliphatic carbocycles. The minimum atomic E-state index is -0.299. The van der Waals surface area contributed by atoms with Gasteiger partial charge in [0.05, 0.1) is 0 Å². The average molecular weight is 314 g/mol. The Bertz CT molecular complexity index is 729. The molecule has 0 spiro atoms. The first kappa shape index (κ1) is 16.7. The van der Waals surface area contributed by atoms with E-state index in [4.69, 9.17) is 0 Å². The summed E-state index contributed by atoms with van der Waals surface area (Å²) in [5.74, 6) is -0.576. The summed E-state index contributed by atoms with van der Waals surface area (Å²) in [6.07, 6.45) is 0.752. The standard InChI is InChI=1S/C18H19FN2O2/c1-12-10-16(7-8-17(12)20-13(2)22)21-18(23)9-6-14-4-3-5-15(19)11-14/h3-5,7-8,10-11H,6,9H2,1-2H3,(H,20,22)(H,21,23). The number of hydrogen-bond acceptors (Lipinski definition) is 2. The fraction of sp³-hybridized carbons (Fsp3) is 0.222. The smallest absolute Gasteiger partial charge is 0.224 e. The summed E-state index contributed by atoms with van der Waals surface area (Å²) in [5, 5.41) is 5.52. The molecule has 0 heterocycles. The topological polar surface area (TPSA) is 58.2 Å². The van der Waals surface area contributed by atoms with Crippen LogP contribution in [0.5, 0.6) is 0 Å². The number of hydrogen-bond donors (Lipinski definition) is 2. The maximum atomic E-state index is 13.1. The van der Waals surface area contributed by atoms with Crippen molar-refractivity contribution in [2.75, 3.05) is 10.6 Å². The van der Waals surface area contributed by atoms with Crippen LogP contribution in [0.1, 0.15) is 24.5 Å². The second-order valence-corrected chi connectivity index (χ2v) is 5.39. The van der Waals surface area contributed by atoms with Gasteiger partial charge in [0.15, 0.2) is 0 Å². The molecule has 4 nitrogen and oxygen atoms in total. The largest absolute Gasteiger partial charge is 0.326 e. The minimum Gasteiger partial charge on any atom is -0.326 e. The molecule has 2 aromatic carbocycles. The molecule has 2 rings (SSSR count). The highest BCUT2D eigenvalue weighted by molar-refractivity contribution is 5.93. The molecule has 0 fully saturated rings. The number of rotatable bonds is 5. The number of benzene rings is 2. The van der Waals surface area contributed by atoms with Crippen molar-refractivity contribution in [3.63, 3.8) is 0 Å². The van der Waals surface area contributed by atoms with Gasteiger partial charge in [-0.3, -0.25) is 9.59 Å². The Morgan fingerprint density at radius 2 is 1.87 bits per heavy atom. The average Bonchev–Trinajstić information content (AvgIpc) is 2.48. The van der Waals surface area contributed by atoms with E-state index in [0.29, 0.717) is 12.1 Å². The maximum absolute atomic E-state index is 13.1. The summed E-state index contributed by atoms with van der Waals surface area (Å²) < 4.78 is 13.1. The number of anilines is 2. The Balaban J connectivity index is 1.92. The highest BCUT2D eigenvalue weighted by Gasteiger charge is 2.06. The van der Waals surface area contributed by atoms with Crippen LogP contribution >= 0.6 is 0 Å². The predicted octanol–water partition coefficient (Wildman–Crippen LogP) is 3.66. The summed E-state index contributed by atoms with van der Waals surface area (Å²) >= 11 is 0. The molecule has 0 unspecified atom stereocenters. The molecule has 0 saturated heterocycles. The number of carbonyl (C=O) groups is 2. The van der Waals surface area contributed by atoms with Gasteiger partial charge in [-0.15, -0.1) is 0 Å². The summed E-state index contributed by atoms with van der Waals surface area (Å²) in [7, 11) is 0. The molecule has 0 aliphatic heterocycles. The highest BCUT2D eigenvalue weighted by atomic mass is 19.1. The molecule has 2 aromatic rings. The van der Waals surface area contributed by atoms with Gasteiger partial charge in [0, 0.05) is 24.7 Å². The van der Waals surface area contributed by atoms with Gasteiger partial charge in [-0.2, -0.15) is 0 Å². The lowest BCUT2D eigenvalue weighted by molar-refractivity contribution is -0.116. The van der Waals surface area contributed by atoms with Crippen LogP contribution in [0.25, 0.3) is 0 Å². The molecule has 0 saturated carbocycles. The zero-order valence-corrected chi connectivity index (χ0v) is 13.2. The third kappa shape index (κ3) is 5.21. The van der Waals surface area contributed by atoms with Crippen LogP contribution in [0.3, 0.4) is 0 Å². The first-order valence-electron chi connectivity index (χ1n) is 7.36. The molecule has 120 valence electrons. The normalized spacial score (nSPS) is 10.2. The quantitative estimate of drug-likeness (QED) is 0.885. The van der Waals surface area contributed by atoms with E-state index in [0.717, 1.165) is 16.8 Å². The van der Waals surface area contributed by atoms with Crippen LogP contribution in [0.4, 0.5) is 15.8 Å². The van der Waals surface area contributed by atoms with E-state index in [1.807, 2.05) is 6.92 Å². The van der Waals surface area contributed by atoms with Gasteiger partial charge < -0.3 is 10.6 Å². The highest BCUT2D eigenvalue weighted by Crippen LogP contribution is 2.20. The molecule has 0 radical (unpaired) electrons. The van der Waals surface area contributed by atoms with Crippen molar-refractivity contribution in [3.8, 4) is 0 Å². The van der Waals surface area contributed by atoms with E-state index >= 15 is 0 Å². The summed E-state index contributed by atoms with van der Waals surface area (Å²) in [4.78, 5) is 23.0. The monoisotopic (exact) mass is 314 g/mol. The lowest BCUT2D eigenvalue weighted by Crippen LogP contribution is -2.13. The van der Waals surface area contributed by atoms with Crippen LogP contribution < -0.4 is 10.6 Å². The van der Waals surface area contributed by atoms with E-state index in [1.165, 1.54) is 19.1 Å². The fourth-order valence-corrected chi connectivity index (χ4v) is 2.25. The van der Waals surface area contributed by atoms with Crippen molar-refractivity contribution < 1.29 is 14.0 Å². The van der Waals surface area contributed by atoms with E-state index < -0.39 is 0 Å². The number of carbonyl (C=O) groups excluding carboxylic acids is 2. The third-order valence-corrected chi connectivity index (χ3v) is 3.35. The van der Waals surface area contributed by atoms with Crippen molar-refractivity contribution in [1.82, 2.24) is 0 Å². The summed E-state index contributed by atoms with van der Waals surface area (Å²) in [5.41, 5.74) is 3.04. The first-order chi connectivity index (χ1) is 10.9. The molecule has 2 amide bonds. The van der Waals surface area contributed by atoms with E-state index in [9.17, 15) is 14.0 Å². The second-order valence-electron chi connectivity index (χ2n) is 5.39. The Labute approximate surface area is 134 Å². The molecule has 0 bridgehead atoms. The number of amides is 2. The molecule has 0 aliphatic rings. The van der Waals surface area contributed by atoms with Gasteiger partial charge in [0.2, 0.25) is 11.8 Å². The van der Waals surface area contributed by atoms with Gasteiger partial charge in [-0.05, 0) is 54.8 Å². The molecule has 0 aromatic heterocycles. The summed E-state index contributed by atoms with van der Waals surface area (Å²) in [6.45, 7) is 3.30. The zero-order valence-electron chi connectivity index (χ0n) is 13.2. The molecule has 23 heavy (non-hydrogen) atoms. The SMILES string of the molecule is CC(=O)Nc1ccc(NC(=O)CCc2cccc(F)c2)cc1C. The van der Waals surface area contributed by atoms with Gasteiger partial charge in [-0.25, -0.2) is 4.39 Å². The zero-order chi connectivity index (χ0) is 16.8. The van der Waals surface area contributed by atoms with Crippen LogP contribution in [-0.2, 0) is 16.0 Å². The molecular formula is C18H19FN2O2. The Morgan fingerprint density at radius 1 is 1.09 bits per heavy atom. The molecular weight excluding hydrogens is 295 g/mol. The predicted molar refractivity (Wildman–Crippen MR) is 88.8 cm³/mol. The maximum Gasteiger partial charge on any atom is 0.224 e. The Kier molecular flexibility index (Phi) is 5.46. The fourth-order valence-electron chi connectivity index (χ4n) is 2.25. The van der Waals surface area contributed by atoms with Crippen molar-refractivity contribution in [2.24, 2.45) is 0 Å². The van der Waals surface area contributed by atoms with E-state index in [-0.39, 0.29) is 24.1 Å². The minimum absolute atomic E-state index is 0.138. The van der Waals surface area contributed by atoms with Gasteiger partial charge in [0.1, 0.15) is 5.82 Å². The number of aryl methyl sites for hydroxylation is 2. The molecule has 5 heteroatoms. The Morgan fingerprint density at radius 3 is 2.52 bits per heavy atom. The van der Waals surface area contributed by atoms with Crippen molar-refractivity contribution in [3.05, 3.63) is 59.4 Å². The van der Waals surface area contributed by atoms with Crippen molar-refractivity contribution in [1.29, 1.82) is 0 Å². The molecule has 0 atom stereocenters. The van der Waals surface area contributed by atoms with Gasteiger partial charge in [0.25, 0.3) is 0 Å². The first-order valence-corrected chi connectivity index (χ1v) is 7.36. The van der Waals surface area contributed by atoms with Crippen LogP contribution in [0.15, 0.2) is 42.5 Å². The van der Waals surface area contributed by atoms with Crippen LogP contribution in [-0.4, -0.2) is 11.8 Å². The van der Waals surface area contributed by atoms with Crippen LogP contribution in [0, 0.1) is 12.7 Å². The number of nitrogens with one attached hydrogen (secondary N) is 2. The van der Waals surface area contributed by atoms with Crippen molar-refractivity contribution in [2.45, 2.75) is 26.7 Å². The Hall–Kier alpha value is -2.69. The van der Waals surface area contributed by atoms with Crippen LogP contribution in [0.2, 0.25) is 0 Å². The lowest BCUT2D eigenvalue weighted by atomic mass is 10.1. The van der Waals surface area contributed by atoms with E-state index in [1.54, 1.807) is 30.3 Å². The van der Waals surface area contributed by atoms with Gasteiger partial charge in [-0.1, -0.05) is 12.1 Å². The summed E-state index contributed by atoms with van der Waals surface area (Å²) in [6, 6.07) is 11.5. The molecule has 2 N–H and O–H groups in total. The van der Waals surface area contributed by atoms with E-state index in [2.05, 4.69) is 10.6 Å². The third-order valence-electron chi connectivity index (χ3n) is 3.35.